The number of nitrogens with one attached hydrogen (secondary N) is 3. The Bertz CT molecular complexity index is 543. The minimum Gasteiger partial charge on any atom is -0.440 e. The fraction of sp³-hybridized carbons (Fsp3) is 0.643. The van der Waals surface area contributed by atoms with Crippen molar-refractivity contribution in [1.82, 2.24) is 10.3 Å². The number of amides is 1. The minimum absolute atomic E-state index is 0.144. The largest absolute Gasteiger partial charge is 0.440 e. The molecule has 1 atom stereocenters. The lowest BCUT2D eigenvalue weighted by atomic mass is 10.0. The molecule has 1 aliphatic rings. The Morgan fingerprint density at radius 3 is 3.05 bits per heavy atom. The lowest BCUT2D eigenvalue weighted by molar-refractivity contribution is 0.0854. The first-order valence-electron chi connectivity index (χ1n) is 7.51. The topological polar surface area (TPSA) is 113 Å². The molecule has 0 aromatic carbocycles. The predicted molar refractivity (Wildman–Crippen MR) is 87.3 cm³/mol. The first kappa shape index (κ1) is 16.5. The monoisotopic (exact) mass is 325 g/mol. The van der Waals surface area contributed by atoms with Crippen LogP contribution in [0.4, 0.5) is 9.93 Å². The highest BCUT2D eigenvalue weighted by molar-refractivity contribution is 7.15. The third-order valence-electron chi connectivity index (χ3n) is 3.38. The standard InChI is InChI=1S/C14H23N5O2S/c1-8(2)6-7-17-14(20)21-9-4-3-5-10-11(9)18-13(22-10)19-12(15)16/h8-9H,3-7H2,1-2H3,(H,17,20)(H4,15,16,18,19). The number of carbonyl (C=O) groups is 1. The molecule has 0 fully saturated rings. The van der Waals surface area contributed by atoms with E-state index in [0.29, 0.717) is 17.6 Å². The second kappa shape index (κ2) is 7.44. The van der Waals surface area contributed by atoms with Gasteiger partial charge in [-0.3, -0.25) is 5.41 Å². The molecule has 0 radical (unpaired) electrons. The fourth-order valence-electron chi connectivity index (χ4n) is 2.30. The number of anilines is 1. The van der Waals surface area contributed by atoms with Gasteiger partial charge in [-0.1, -0.05) is 13.8 Å². The number of guanidine groups is 1. The van der Waals surface area contributed by atoms with E-state index >= 15 is 0 Å². The lowest BCUT2D eigenvalue weighted by Crippen LogP contribution is -2.28. The van der Waals surface area contributed by atoms with Gasteiger partial charge in [0.15, 0.2) is 11.1 Å². The number of fused-ring (bicyclic) bond motifs is 1. The van der Waals surface area contributed by atoms with E-state index in [1.807, 2.05) is 0 Å². The SMILES string of the molecule is CC(C)CCNC(=O)OC1CCCc2sc(NC(=N)N)nc21. The van der Waals surface area contributed by atoms with Crippen molar-refractivity contribution in [1.29, 1.82) is 5.41 Å². The fourth-order valence-corrected chi connectivity index (χ4v) is 3.36. The lowest BCUT2D eigenvalue weighted by Gasteiger charge is -2.21. The van der Waals surface area contributed by atoms with Crippen LogP contribution in [-0.4, -0.2) is 23.6 Å². The number of aromatic nitrogens is 1. The molecule has 0 spiro atoms. The number of hydrogen-bond acceptors (Lipinski definition) is 5. The molecule has 0 saturated carbocycles. The number of aryl methyl sites for hydroxylation is 1. The van der Waals surface area contributed by atoms with Crippen LogP contribution in [-0.2, 0) is 11.2 Å². The summed E-state index contributed by atoms with van der Waals surface area (Å²) >= 11 is 1.46. The Balaban J connectivity index is 1.95. The first-order valence-corrected chi connectivity index (χ1v) is 8.32. The molecule has 1 aromatic heterocycles. The summed E-state index contributed by atoms with van der Waals surface area (Å²) in [5.41, 5.74) is 6.11. The van der Waals surface area contributed by atoms with Crippen molar-refractivity contribution in [3.05, 3.63) is 10.6 Å². The summed E-state index contributed by atoms with van der Waals surface area (Å²) in [7, 11) is 0. The molecule has 2 rings (SSSR count). The number of hydrogen-bond donors (Lipinski definition) is 4. The van der Waals surface area contributed by atoms with Crippen LogP contribution < -0.4 is 16.4 Å². The summed E-state index contributed by atoms with van der Waals surface area (Å²) in [6.45, 7) is 4.84. The molecule has 1 unspecified atom stereocenters. The van der Waals surface area contributed by atoms with E-state index in [9.17, 15) is 4.79 Å². The Kier molecular flexibility index (Phi) is 5.59. The zero-order valence-electron chi connectivity index (χ0n) is 12.9. The zero-order valence-corrected chi connectivity index (χ0v) is 13.8. The van der Waals surface area contributed by atoms with Gasteiger partial charge in [0.1, 0.15) is 6.10 Å². The molecule has 5 N–H and O–H groups in total. The van der Waals surface area contributed by atoms with Crippen molar-refractivity contribution in [2.75, 3.05) is 11.9 Å². The number of rotatable bonds is 5. The molecular formula is C14H23N5O2S. The number of alkyl carbamates (subject to hydrolysis) is 1. The summed E-state index contributed by atoms with van der Waals surface area (Å²) in [6, 6.07) is 0. The second-order valence-corrected chi connectivity index (χ2v) is 6.85. The van der Waals surface area contributed by atoms with Crippen LogP contribution in [0.3, 0.4) is 0 Å². The van der Waals surface area contributed by atoms with Crippen molar-refractivity contribution in [3.63, 3.8) is 0 Å². The molecule has 0 saturated heterocycles. The van der Waals surface area contributed by atoms with Gasteiger partial charge in [-0.05, 0) is 31.6 Å². The molecule has 7 nitrogen and oxygen atoms in total. The Morgan fingerprint density at radius 1 is 1.59 bits per heavy atom. The van der Waals surface area contributed by atoms with Gasteiger partial charge < -0.3 is 21.1 Å². The van der Waals surface area contributed by atoms with Crippen LogP contribution in [0.2, 0.25) is 0 Å². The number of nitrogens with two attached hydrogens (primary N) is 1. The third-order valence-corrected chi connectivity index (χ3v) is 4.43. The van der Waals surface area contributed by atoms with Crippen LogP contribution >= 0.6 is 11.3 Å². The molecule has 1 heterocycles. The molecule has 1 aliphatic carbocycles. The quantitative estimate of drug-likeness (QED) is 0.491. The molecular weight excluding hydrogens is 302 g/mol. The Labute approximate surface area is 134 Å². The van der Waals surface area contributed by atoms with E-state index in [0.717, 1.165) is 36.3 Å². The van der Waals surface area contributed by atoms with Crippen molar-refractivity contribution in [3.8, 4) is 0 Å². The van der Waals surface area contributed by atoms with Crippen LogP contribution in [0.5, 0.6) is 0 Å². The van der Waals surface area contributed by atoms with Gasteiger partial charge in [0.25, 0.3) is 0 Å². The van der Waals surface area contributed by atoms with Gasteiger partial charge in [0.05, 0.1) is 5.69 Å². The van der Waals surface area contributed by atoms with E-state index in [2.05, 4.69) is 29.5 Å². The summed E-state index contributed by atoms with van der Waals surface area (Å²) in [4.78, 5) is 17.4. The molecule has 1 aromatic rings. The van der Waals surface area contributed by atoms with Gasteiger partial charge >= 0.3 is 6.09 Å². The van der Waals surface area contributed by atoms with Gasteiger partial charge in [-0.15, -0.1) is 11.3 Å². The average molecular weight is 325 g/mol. The van der Waals surface area contributed by atoms with Gasteiger partial charge in [0, 0.05) is 11.4 Å². The van der Waals surface area contributed by atoms with Crippen LogP contribution in [0.25, 0.3) is 0 Å². The highest BCUT2D eigenvalue weighted by atomic mass is 32.1. The van der Waals surface area contributed by atoms with Gasteiger partial charge in [-0.25, -0.2) is 9.78 Å². The maximum atomic E-state index is 11.9. The summed E-state index contributed by atoms with van der Waals surface area (Å²) in [5.74, 6) is 0.398. The normalized spacial score (nSPS) is 17.0. The molecule has 8 heteroatoms. The van der Waals surface area contributed by atoms with Crippen molar-refractivity contribution in [2.45, 2.75) is 45.6 Å². The smallest absolute Gasteiger partial charge is 0.407 e. The number of thiazole rings is 1. The summed E-state index contributed by atoms with van der Waals surface area (Å²) < 4.78 is 5.50. The molecule has 122 valence electrons. The van der Waals surface area contributed by atoms with Crippen LogP contribution in [0.1, 0.15) is 49.8 Å². The summed E-state index contributed by atoms with van der Waals surface area (Å²) in [5, 5.41) is 13.3. The first-order chi connectivity index (χ1) is 10.5. The maximum absolute atomic E-state index is 11.9. The van der Waals surface area contributed by atoms with E-state index in [-0.39, 0.29) is 12.1 Å². The summed E-state index contributed by atoms with van der Waals surface area (Å²) in [6.07, 6.45) is 2.86. The van der Waals surface area contributed by atoms with Crippen LogP contribution in [0, 0.1) is 11.3 Å². The van der Waals surface area contributed by atoms with Crippen molar-refractivity contribution < 1.29 is 9.53 Å². The second-order valence-electron chi connectivity index (χ2n) is 5.76. The number of ether oxygens (including phenoxy) is 1. The number of carbonyl (C=O) groups excluding carboxylic acids is 1. The molecule has 1 amide bonds. The van der Waals surface area contributed by atoms with Crippen molar-refractivity contribution >= 4 is 28.5 Å². The zero-order chi connectivity index (χ0) is 16.1. The number of nitrogens with zero attached hydrogens (tertiary/aromatic N) is 1. The Morgan fingerprint density at radius 2 is 2.36 bits per heavy atom. The van der Waals surface area contributed by atoms with E-state index in [4.69, 9.17) is 15.9 Å². The average Bonchev–Trinajstić information content (AvgIpc) is 2.80. The van der Waals surface area contributed by atoms with E-state index in [1.165, 1.54) is 11.3 Å². The third kappa shape index (κ3) is 4.59. The predicted octanol–water partition coefficient (Wildman–Crippen LogP) is 2.60. The molecule has 22 heavy (non-hydrogen) atoms. The highest BCUT2D eigenvalue weighted by Crippen LogP contribution is 2.37. The van der Waals surface area contributed by atoms with Gasteiger partial charge in [-0.2, -0.15) is 0 Å². The van der Waals surface area contributed by atoms with Crippen LogP contribution in [0.15, 0.2) is 0 Å². The van der Waals surface area contributed by atoms with E-state index < -0.39 is 6.09 Å². The Hall–Kier alpha value is -1.83. The van der Waals surface area contributed by atoms with Crippen molar-refractivity contribution in [2.24, 2.45) is 11.7 Å². The molecule has 0 aliphatic heterocycles. The minimum atomic E-state index is -0.396. The maximum Gasteiger partial charge on any atom is 0.407 e. The van der Waals surface area contributed by atoms with E-state index in [1.54, 1.807) is 0 Å². The van der Waals surface area contributed by atoms with Gasteiger partial charge in [0.2, 0.25) is 0 Å². The highest BCUT2D eigenvalue weighted by Gasteiger charge is 2.28. The molecule has 0 bridgehead atoms.